The smallest absolute Gasteiger partial charge is 0.307 e. The molecule has 0 saturated heterocycles. The predicted octanol–water partition coefficient (Wildman–Crippen LogP) is 3.57. The van der Waals surface area contributed by atoms with Crippen LogP contribution in [0, 0.1) is 6.92 Å². The van der Waals surface area contributed by atoms with Gasteiger partial charge in [-0.1, -0.05) is 18.2 Å². The molecular formula is C14H12BrNO3. The normalized spacial score (nSPS) is 10.2. The molecule has 5 heteroatoms. The van der Waals surface area contributed by atoms with Gasteiger partial charge in [-0.25, -0.2) is 4.98 Å². The monoisotopic (exact) mass is 321 g/mol. The molecule has 0 aliphatic rings. The molecule has 19 heavy (non-hydrogen) atoms. The minimum absolute atomic E-state index is 0.0777. The van der Waals surface area contributed by atoms with Gasteiger partial charge in [-0.15, -0.1) is 0 Å². The van der Waals surface area contributed by atoms with Crippen molar-refractivity contribution in [1.29, 1.82) is 0 Å². The van der Waals surface area contributed by atoms with Crippen LogP contribution in [0.5, 0.6) is 11.6 Å². The summed E-state index contributed by atoms with van der Waals surface area (Å²) in [4.78, 5) is 15.1. The topological polar surface area (TPSA) is 59.4 Å². The number of hydrogen-bond acceptors (Lipinski definition) is 3. The van der Waals surface area contributed by atoms with Crippen molar-refractivity contribution in [3.63, 3.8) is 0 Å². The van der Waals surface area contributed by atoms with Gasteiger partial charge in [-0.05, 0) is 35.0 Å². The van der Waals surface area contributed by atoms with E-state index in [0.29, 0.717) is 17.2 Å². The Hall–Kier alpha value is -1.88. The molecule has 1 heterocycles. The predicted molar refractivity (Wildman–Crippen MR) is 74.5 cm³/mol. The number of rotatable bonds is 4. The van der Waals surface area contributed by atoms with Crippen LogP contribution in [0.1, 0.15) is 11.3 Å². The minimum atomic E-state index is -0.893. The molecule has 0 spiro atoms. The maximum atomic E-state index is 10.8. The highest BCUT2D eigenvalue weighted by Crippen LogP contribution is 2.26. The van der Waals surface area contributed by atoms with Crippen molar-refractivity contribution in [3.8, 4) is 11.6 Å². The Kier molecular flexibility index (Phi) is 4.16. The number of ether oxygens (including phenoxy) is 1. The quantitative estimate of drug-likeness (QED) is 0.935. The summed E-state index contributed by atoms with van der Waals surface area (Å²) in [6.07, 6.45) is -0.0777. The standard InChI is InChI=1S/C14H12BrNO3/c1-9-11(15)6-7-13(16-9)19-12-5-3-2-4-10(12)8-14(17)18/h2-7H,8H2,1H3,(H,17,18). The number of aryl methyl sites for hydroxylation is 1. The van der Waals surface area contributed by atoms with Gasteiger partial charge in [0.1, 0.15) is 5.75 Å². The van der Waals surface area contributed by atoms with Crippen LogP contribution in [0.4, 0.5) is 0 Å². The third-order valence-electron chi connectivity index (χ3n) is 2.52. The number of hydrogen-bond donors (Lipinski definition) is 1. The summed E-state index contributed by atoms with van der Waals surface area (Å²) < 4.78 is 6.55. The number of nitrogens with zero attached hydrogens (tertiary/aromatic N) is 1. The molecule has 1 aromatic heterocycles. The second-order valence-corrected chi connectivity index (χ2v) is 4.85. The third kappa shape index (κ3) is 3.54. The molecule has 0 bridgehead atoms. The average molecular weight is 322 g/mol. The fourth-order valence-electron chi connectivity index (χ4n) is 1.60. The van der Waals surface area contributed by atoms with Crippen molar-refractivity contribution in [2.75, 3.05) is 0 Å². The molecule has 4 nitrogen and oxygen atoms in total. The Labute approximate surface area is 119 Å². The van der Waals surface area contributed by atoms with E-state index in [4.69, 9.17) is 9.84 Å². The van der Waals surface area contributed by atoms with Crippen LogP contribution in [0.15, 0.2) is 40.9 Å². The first-order valence-corrected chi connectivity index (χ1v) is 6.46. The summed E-state index contributed by atoms with van der Waals surface area (Å²) in [6, 6.07) is 10.6. The number of aliphatic carboxylic acids is 1. The average Bonchev–Trinajstić information content (AvgIpc) is 2.36. The van der Waals surface area contributed by atoms with E-state index in [2.05, 4.69) is 20.9 Å². The second-order valence-electron chi connectivity index (χ2n) is 4.00. The van der Waals surface area contributed by atoms with E-state index >= 15 is 0 Å². The highest BCUT2D eigenvalue weighted by molar-refractivity contribution is 9.10. The number of para-hydroxylation sites is 1. The van der Waals surface area contributed by atoms with Crippen molar-refractivity contribution in [2.45, 2.75) is 13.3 Å². The van der Waals surface area contributed by atoms with Gasteiger partial charge in [0.05, 0.1) is 12.1 Å². The van der Waals surface area contributed by atoms with E-state index in [1.807, 2.05) is 13.0 Å². The van der Waals surface area contributed by atoms with Crippen molar-refractivity contribution in [3.05, 3.63) is 52.1 Å². The molecule has 0 aliphatic carbocycles. The Morgan fingerprint density at radius 3 is 2.74 bits per heavy atom. The van der Waals surface area contributed by atoms with Crippen LogP contribution in [0.3, 0.4) is 0 Å². The SMILES string of the molecule is Cc1nc(Oc2ccccc2CC(=O)O)ccc1Br. The van der Waals surface area contributed by atoms with Crippen molar-refractivity contribution < 1.29 is 14.6 Å². The van der Waals surface area contributed by atoms with Gasteiger partial charge >= 0.3 is 5.97 Å². The van der Waals surface area contributed by atoms with Gasteiger partial charge in [0, 0.05) is 16.1 Å². The molecule has 0 amide bonds. The fourth-order valence-corrected chi connectivity index (χ4v) is 1.82. The minimum Gasteiger partial charge on any atom is -0.481 e. The highest BCUT2D eigenvalue weighted by Gasteiger charge is 2.09. The summed E-state index contributed by atoms with van der Waals surface area (Å²) in [5, 5.41) is 8.86. The van der Waals surface area contributed by atoms with Gasteiger partial charge < -0.3 is 9.84 Å². The molecule has 1 aromatic carbocycles. The van der Waals surface area contributed by atoms with Crippen LogP contribution in [-0.2, 0) is 11.2 Å². The van der Waals surface area contributed by atoms with Crippen LogP contribution in [-0.4, -0.2) is 16.1 Å². The molecule has 1 N–H and O–H groups in total. The van der Waals surface area contributed by atoms with E-state index in [1.165, 1.54) is 0 Å². The molecule has 2 aromatic rings. The molecule has 0 fully saturated rings. The zero-order chi connectivity index (χ0) is 13.8. The summed E-state index contributed by atoms with van der Waals surface area (Å²) in [7, 11) is 0. The zero-order valence-corrected chi connectivity index (χ0v) is 11.8. The lowest BCUT2D eigenvalue weighted by atomic mass is 10.1. The lowest BCUT2D eigenvalue weighted by Gasteiger charge is -2.09. The number of aromatic nitrogens is 1. The number of pyridine rings is 1. The van der Waals surface area contributed by atoms with Gasteiger partial charge in [-0.3, -0.25) is 4.79 Å². The summed E-state index contributed by atoms with van der Waals surface area (Å²) in [5.74, 6) is 0.0636. The largest absolute Gasteiger partial charge is 0.481 e. The number of halogens is 1. The molecule has 2 rings (SSSR count). The lowest BCUT2D eigenvalue weighted by molar-refractivity contribution is -0.136. The van der Waals surface area contributed by atoms with Crippen molar-refractivity contribution in [2.24, 2.45) is 0 Å². The molecule has 0 aliphatic heterocycles. The Bertz CT molecular complexity index is 613. The molecule has 0 unspecified atom stereocenters. The molecule has 0 radical (unpaired) electrons. The van der Waals surface area contributed by atoms with Crippen LogP contribution in [0.2, 0.25) is 0 Å². The third-order valence-corrected chi connectivity index (χ3v) is 3.36. The first-order valence-electron chi connectivity index (χ1n) is 5.67. The van der Waals surface area contributed by atoms with Crippen LogP contribution >= 0.6 is 15.9 Å². The van der Waals surface area contributed by atoms with E-state index in [-0.39, 0.29) is 6.42 Å². The van der Waals surface area contributed by atoms with E-state index in [1.54, 1.807) is 30.3 Å². The number of benzene rings is 1. The van der Waals surface area contributed by atoms with Crippen LogP contribution in [0.25, 0.3) is 0 Å². The van der Waals surface area contributed by atoms with Crippen molar-refractivity contribution in [1.82, 2.24) is 4.98 Å². The number of carboxylic acids is 1. The fraction of sp³-hybridized carbons (Fsp3) is 0.143. The zero-order valence-electron chi connectivity index (χ0n) is 10.3. The Morgan fingerprint density at radius 1 is 1.32 bits per heavy atom. The highest BCUT2D eigenvalue weighted by atomic mass is 79.9. The van der Waals surface area contributed by atoms with Gasteiger partial charge in [0.25, 0.3) is 0 Å². The number of carboxylic acid groups (broad SMARTS) is 1. The summed E-state index contributed by atoms with van der Waals surface area (Å²) >= 11 is 3.37. The second kappa shape index (κ2) is 5.84. The first-order chi connectivity index (χ1) is 9.06. The van der Waals surface area contributed by atoms with Gasteiger partial charge in [0.2, 0.25) is 5.88 Å². The van der Waals surface area contributed by atoms with E-state index in [0.717, 1.165) is 10.2 Å². The lowest BCUT2D eigenvalue weighted by Crippen LogP contribution is -2.02. The summed E-state index contributed by atoms with van der Waals surface area (Å²) in [5.41, 5.74) is 1.44. The molecule has 0 saturated carbocycles. The summed E-state index contributed by atoms with van der Waals surface area (Å²) in [6.45, 7) is 1.86. The van der Waals surface area contributed by atoms with E-state index in [9.17, 15) is 4.79 Å². The Balaban J connectivity index is 2.27. The number of carbonyl (C=O) groups is 1. The molecule has 98 valence electrons. The van der Waals surface area contributed by atoms with E-state index < -0.39 is 5.97 Å². The maximum Gasteiger partial charge on any atom is 0.307 e. The Morgan fingerprint density at radius 2 is 2.05 bits per heavy atom. The molecule has 0 atom stereocenters. The van der Waals surface area contributed by atoms with Gasteiger partial charge in [-0.2, -0.15) is 0 Å². The molecular weight excluding hydrogens is 310 g/mol. The maximum absolute atomic E-state index is 10.8. The van der Waals surface area contributed by atoms with Crippen molar-refractivity contribution >= 4 is 21.9 Å². The first kappa shape index (κ1) is 13.5. The van der Waals surface area contributed by atoms with Crippen LogP contribution < -0.4 is 4.74 Å². The van der Waals surface area contributed by atoms with Gasteiger partial charge in [0.15, 0.2) is 0 Å².